The van der Waals surface area contributed by atoms with Gasteiger partial charge in [0.15, 0.2) is 5.78 Å². The first kappa shape index (κ1) is 19.3. The molecule has 0 saturated heterocycles. The number of rotatable bonds is 2. The molecule has 0 bridgehead atoms. The van der Waals surface area contributed by atoms with Gasteiger partial charge < -0.3 is 5.11 Å². The summed E-state index contributed by atoms with van der Waals surface area (Å²) in [5.74, 6) is 2.07. The number of carbonyl (C=O) groups is 1. The van der Waals surface area contributed by atoms with Crippen LogP contribution in [-0.4, -0.2) is 26.8 Å². The van der Waals surface area contributed by atoms with Crippen LogP contribution in [-0.2, 0) is 11.3 Å². The van der Waals surface area contributed by atoms with Crippen LogP contribution < -0.4 is 0 Å². The zero-order chi connectivity index (χ0) is 20.4. The Morgan fingerprint density at radius 2 is 2.00 bits per heavy atom. The van der Waals surface area contributed by atoms with Crippen LogP contribution in [0.4, 0.5) is 0 Å². The van der Waals surface area contributed by atoms with E-state index in [1.165, 1.54) is 5.57 Å². The van der Waals surface area contributed by atoms with Gasteiger partial charge in [0, 0.05) is 23.7 Å². The van der Waals surface area contributed by atoms with Crippen molar-refractivity contribution in [2.75, 3.05) is 0 Å². The summed E-state index contributed by atoms with van der Waals surface area (Å²) in [6, 6.07) is 0. The number of hydrogen-bond donors (Lipinski definition) is 1. The highest BCUT2D eigenvalue weighted by Gasteiger charge is 2.59. The molecule has 5 rings (SSSR count). The Balaban J connectivity index is 1.46. The topological polar surface area (TPSA) is 55.1 Å². The molecule has 1 N–H and O–H groups in total. The summed E-state index contributed by atoms with van der Waals surface area (Å²) in [4.78, 5) is 13.5. The highest BCUT2D eigenvalue weighted by atomic mass is 16.3. The molecule has 0 unspecified atom stereocenters. The smallest absolute Gasteiger partial charge is 0.165 e. The summed E-state index contributed by atoms with van der Waals surface area (Å²) in [5.41, 5.74) is 3.57. The fourth-order valence-electron chi connectivity index (χ4n) is 7.27. The largest absolute Gasteiger partial charge is 0.393 e. The van der Waals surface area contributed by atoms with Crippen molar-refractivity contribution >= 4 is 11.9 Å². The third-order valence-electron chi connectivity index (χ3n) is 9.04. The van der Waals surface area contributed by atoms with E-state index in [9.17, 15) is 9.90 Å². The number of hydrogen-bond acceptors (Lipinski definition) is 3. The van der Waals surface area contributed by atoms with E-state index in [0.717, 1.165) is 62.6 Å². The van der Waals surface area contributed by atoms with Crippen LogP contribution in [0.1, 0.15) is 71.3 Å². The number of aryl methyl sites for hydroxylation is 1. The number of aromatic nitrogens is 2. The van der Waals surface area contributed by atoms with E-state index in [1.807, 2.05) is 17.1 Å². The van der Waals surface area contributed by atoms with E-state index in [1.54, 1.807) is 0 Å². The number of fused-ring (bicyclic) bond motifs is 5. The average Bonchev–Trinajstić information content (AvgIpc) is 3.26. The van der Waals surface area contributed by atoms with E-state index in [2.05, 4.69) is 38.0 Å². The monoisotopic (exact) mass is 394 g/mol. The normalized spacial score (nSPS) is 43.0. The van der Waals surface area contributed by atoms with Gasteiger partial charge in [0.1, 0.15) is 0 Å². The van der Waals surface area contributed by atoms with E-state index in [-0.39, 0.29) is 16.9 Å². The SMILES string of the molecule is CCn1cc(/C=C2/C[C@@H]3[C@H]4CC=C5C[C@@H](O)CC[C@]5(C)[C@@H]4CC[C@@]3(C)C2=O)cn1. The third-order valence-corrected chi connectivity index (χ3v) is 9.04. The van der Waals surface area contributed by atoms with Crippen molar-refractivity contribution in [1.29, 1.82) is 0 Å². The number of ketones is 1. The first-order chi connectivity index (χ1) is 13.8. The van der Waals surface area contributed by atoms with Gasteiger partial charge in [0.2, 0.25) is 0 Å². The number of carbonyl (C=O) groups excluding carboxylic acids is 1. The molecule has 3 saturated carbocycles. The van der Waals surface area contributed by atoms with Gasteiger partial charge in [-0.25, -0.2) is 0 Å². The van der Waals surface area contributed by atoms with Gasteiger partial charge in [-0.2, -0.15) is 5.10 Å². The molecule has 0 aliphatic heterocycles. The summed E-state index contributed by atoms with van der Waals surface area (Å²) < 4.78 is 1.92. The summed E-state index contributed by atoms with van der Waals surface area (Å²) in [6.45, 7) is 7.61. The van der Waals surface area contributed by atoms with Gasteiger partial charge in [0.05, 0.1) is 12.3 Å². The van der Waals surface area contributed by atoms with E-state index < -0.39 is 0 Å². The number of aliphatic hydroxyl groups excluding tert-OH is 1. The van der Waals surface area contributed by atoms with Crippen LogP contribution in [0.25, 0.3) is 6.08 Å². The van der Waals surface area contributed by atoms with Gasteiger partial charge in [-0.15, -0.1) is 0 Å². The second-order valence-electron chi connectivity index (χ2n) is 10.4. The van der Waals surface area contributed by atoms with Gasteiger partial charge in [-0.1, -0.05) is 25.5 Å². The molecule has 4 aliphatic carbocycles. The third kappa shape index (κ3) is 2.82. The van der Waals surface area contributed by atoms with E-state index in [4.69, 9.17) is 0 Å². The maximum Gasteiger partial charge on any atom is 0.165 e. The molecule has 6 atom stereocenters. The molecule has 156 valence electrons. The molecule has 0 radical (unpaired) electrons. The average molecular weight is 395 g/mol. The predicted molar refractivity (Wildman–Crippen MR) is 114 cm³/mol. The van der Waals surface area contributed by atoms with Crippen molar-refractivity contribution < 1.29 is 9.90 Å². The van der Waals surface area contributed by atoms with Crippen LogP contribution >= 0.6 is 0 Å². The fraction of sp³-hybridized carbons (Fsp3) is 0.680. The van der Waals surface area contributed by atoms with E-state index >= 15 is 0 Å². The Hall–Kier alpha value is -1.68. The molecule has 1 heterocycles. The lowest BCUT2D eigenvalue weighted by molar-refractivity contribution is -0.130. The Morgan fingerprint density at radius 3 is 2.76 bits per heavy atom. The van der Waals surface area contributed by atoms with Crippen molar-refractivity contribution in [1.82, 2.24) is 9.78 Å². The summed E-state index contributed by atoms with van der Waals surface area (Å²) in [7, 11) is 0. The molecule has 3 fully saturated rings. The quantitative estimate of drug-likeness (QED) is 0.580. The molecular weight excluding hydrogens is 360 g/mol. The Morgan fingerprint density at radius 1 is 1.21 bits per heavy atom. The fourth-order valence-corrected chi connectivity index (χ4v) is 7.27. The molecule has 4 nitrogen and oxygen atoms in total. The zero-order valence-electron chi connectivity index (χ0n) is 18.0. The lowest BCUT2D eigenvalue weighted by atomic mass is 9.48. The summed E-state index contributed by atoms with van der Waals surface area (Å²) >= 11 is 0. The van der Waals surface area contributed by atoms with Gasteiger partial charge in [0.25, 0.3) is 0 Å². The molecule has 4 aliphatic rings. The lowest BCUT2D eigenvalue weighted by Gasteiger charge is -2.56. The number of Topliss-reactive ketones (excluding diaryl/α,β-unsaturated/α-hetero) is 1. The standard InChI is InChI=1S/C25H34N2O2/c1-4-27-15-16(14-26-27)11-17-12-22-20-6-5-18-13-19(28)7-9-24(18,2)21(20)8-10-25(22,3)23(17)29/h5,11,14-15,19-22,28H,4,6-10,12-13H2,1-3H3/b17-11-/t19-,20-,21+,22+,24-,25+/m0/s1. The maximum atomic E-state index is 13.5. The van der Waals surface area contributed by atoms with Crippen molar-refractivity contribution in [3.63, 3.8) is 0 Å². The minimum absolute atomic E-state index is 0.161. The van der Waals surface area contributed by atoms with Crippen LogP contribution in [0, 0.1) is 28.6 Å². The molecule has 1 aromatic rings. The van der Waals surface area contributed by atoms with Crippen molar-refractivity contribution in [3.05, 3.63) is 35.2 Å². The Bertz CT molecular complexity index is 896. The van der Waals surface area contributed by atoms with Gasteiger partial charge >= 0.3 is 0 Å². The van der Waals surface area contributed by atoms with Gasteiger partial charge in [-0.3, -0.25) is 9.48 Å². The van der Waals surface area contributed by atoms with Gasteiger partial charge in [-0.05, 0) is 86.7 Å². The first-order valence-corrected chi connectivity index (χ1v) is 11.5. The Labute approximate surface area is 174 Å². The highest BCUT2D eigenvalue weighted by Crippen LogP contribution is 2.64. The first-order valence-electron chi connectivity index (χ1n) is 11.5. The molecule has 0 aromatic carbocycles. The number of aliphatic hydroxyl groups is 1. The number of nitrogens with zero attached hydrogens (tertiary/aromatic N) is 2. The van der Waals surface area contributed by atoms with Crippen LogP contribution in [0.2, 0.25) is 0 Å². The van der Waals surface area contributed by atoms with Crippen molar-refractivity contribution in [3.8, 4) is 0 Å². The van der Waals surface area contributed by atoms with Crippen LogP contribution in [0.5, 0.6) is 0 Å². The minimum atomic E-state index is -0.205. The van der Waals surface area contributed by atoms with E-state index in [0.29, 0.717) is 23.5 Å². The number of allylic oxidation sites excluding steroid dienone is 2. The van der Waals surface area contributed by atoms with Crippen LogP contribution in [0.3, 0.4) is 0 Å². The Kier molecular flexibility index (Phi) is 4.43. The minimum Gasteiger partial charge on any atom is -0.393 e. The van der Waals surface area contributed by atoms with Crippen molar-refractivity contribution in [2.45, 2.75) is 78.4 Å². The summed E-state index contributed by atoms with van der Waals surface area (Å²) in [6.07, 6.45) is 15.3. The molecule has 29 heavy (non-hydrogen) atoms. The summed E-state index contributed by atoms with van der Waals surface area (Å²) in [5, 5.41) is 14.5. The molecule has 1 aromatic heterocycles. The van der Waals surface area contributed by atoms with Crippen LogP contribution in [0.15, 0.2) is 29.6 Å². The predicted octanol–water partition coefficient (Wildman–Crippen LogP) is 4.79. The second kappa shape index (κ2) is 6.66. The molecule has 4 heteroatoms. The lowest BCUT2D eigenvalue weighted by Crippen LogP contribution is -2.50. The maximum absolute atomic E-state index is 13.5. The second-order valence-corrected chi connectivity index (χ2v) is 10.4. The molecular formula is C25H34N2O2. The van der Waals surface area contributed by atoms with Crippen molar-refractivity contribution in [2.24, 2.45) is 28.6 Å². The highest BCUT2D eigenvalue weighted by molar-refractivity contribution is 6.05. The zero-order valence-corrected chi connectivity index (χ0v) is 18.0. The molecule has 0 spiro atoms. The molecule has 0 amide bonds.